The van der Waals surface area contributed by atoms with Crippen molar-refractivity contribution < 1.29 is 23.1 Å². The van der Waals surface area contributed by atoms with E-state index in [9.17, 15) is 18.4 Å². The van der Waals surface area contributed by atoms with Crippen LogP contribution in [0.15, 0.2) is 0 Å². The Hall–Kier alpha value is -1.24. The Bertz CT molecular complexity index is 224. The molecule has 0 fully saturated rings. The maximum Gasteiger partial charge on any atom is 0.315 e. The molecule has 0 heterocycles. The molecular weight excluding hydrogens is 210 g/mol. The van der Waals surface area contributed by atoms with Crippen molar-refractivity contribution in [3.05, 3.63) is 0 Å². The largest absolute Gasteiger partial charge is 0.383 e. The number of halogens is 2. The molecule has 88 valence electrons. The van der Waals surface area contributed by atoms with Gasteiger partial charge in [0.05, 0.1) is 13.2 Å². The third-order valence-corrected chi connectivity index (χ3v) is 1.57. The summed E-state index contributed by atoms with van der Waals surface area (Å²) in [6.07, 6.45) is -3.08. The van der Waals surface area contributed by atoms with Gasteiger partial charge in [0.2, 0.25) is 5.91 Å². The molecule has 15 heavy (non-hydrogen) atoms. The van der Waals surface area contributed by atoms with Gasteiger partial charge in [-0.05, 0) is 0 Å². The summed E-state index contributed by atoms with van der Waals surface area (Å²) in [5.41, 5.74) is 0. The van der Waals surface area contributed by atoms with Gasteiger partial charge in [0, 0.05) is 20.7 Å². The molecule has 0 bridgehead atoms. The SMILES string of the molecule is COCCNC(=O)CN(C)C(=O)C(F)F. The molecule has 0 unspecified atom stereocenters. The van der Waals surface area contributed by atoms with Crippen LogP contribution in [0.4, 0.5) is 8.78 Å². The third kappa shape index (κ3) is 5.95. The molecule has 0 radical (unpaired) electrons. The molecular formula is C8H14F2N2O3. The van der Waals surface area contributed by atoms with Crippen molar-refractivity contribution in [1.82, 2.24) is 10.2 Å². The fraction of sp³-hybridized carbons (Fsp3) is 0.750. The van der Waals surface area contributed by atoms with Crippen LogP contribution in [0.25, 0.3) is 0 Å². The number of nitrogens with one attached hydrogen (secondary N) is 1. The first-order chi connectivity index (χ1) is 6.99. The minimum absolute atomic E-state index is 0.284. The monoisotopic (exact) mass is 224 g/mol. The normalized spacial score (nSPS) is 10.2. The van der Waals surface area contributed by atoms with Crippen LogP contribution in [0.3, 0.4) is 0 Å². The lowest BCUT2D eigenvalue weighted by molar-refractivity contribution is -0.144. The molecule has 0 aromatic rings. The Kier molecular flexibility index (Phi) is 6.52. The van der Waals surface area contributed by atoms with Crippen molar-refractivity contribution in [2.24, 2.45) is 0 Å². The maximum atomic E-state index is 11.9. The first-order valence-electron chi connectivity index (χ1n) is 4.27. The Morgan fingerprint density at radius 2 is 2.07 bits per heavy atom. The lowest BCUT2D eigenvalue weighted by Gasteiger charge is -2.15. The first kappa shape index (κ1) is 13.8. The number of amides is 2. The number of likely N-dealkylation sites (N-methyl/N-ethyl adjacent to an activating group) is 1. The summed E-state index contributed by atoms with van der Waals surface area (Å²) in [5.74, 6) is -1.86. The first-order valence-corrected chi connectivity index (χ1v) is 4.27. The van der Waals surface area contributed by atoms with Crippen molar-refractivity contribution in [3.63, 3.8) is 0 Å². The second kappa shape index (κ2) is 7.10. The van der Waals surface area contributed by atoms with Crippen LogP contribution in [0.5, 0.6) is 0 Å². The summed E-state index contributed by atoms with van der Waals surface area (Å²) in [5, 5.41) is 2.41. The van der Waals surface area contributed by atoms with E-state index in [0.29, 0.717) is 11.5 Å². The van der Waals surface area contributed by atoms with E-state index in [-0.39, 0.29) is 13.1 Å². The van der Waals surface area contributed by atoms with Gasteiger partial charge in [-0.1, -0.05) is 0 Å². The number of nitrogens with zero attached hydrogens (tertiary/aromatic N) is 1. The van der Waals surface area contributed by atoms with E-state index in [1.807, 2.05) is 0 Å². The summed E-state index contributed by atoms with van der Waals surface area (Å²) in [6.45, 7) is 0.233. The van der Waals surface area contributed by atoms with Crippen molar-refractivity contribution in [2.45, 2.75) is 6.43 Å². The average Bonchev–Trinajstić information content (AvgIpc) is 2.16. The van der Waals surface area contributed by atoms with Crippen LogP contribution in [0.1, 0.15) is 0 Å². The summed E-state index contributed by atoms with van der Waals surface area (Å²) in [6, 6.07) is 0. The molecule has 0 aliphatic heterocycles. The summed E-state index contributed by atoms with van der Waals surface area (Å²) < 4.78 is 28.5. The minimum Gasteiger partial charge on any atom is -0.383 e. The van der Waals surface area contributed by atoms with Crippen LogP contribution >= 0.6 is 0 Å². The van der Waals surface area contributed by atoms with Crippen molar-refractivity contribution >= 4 is 11.8 Å². The minimum atomic E-state index is -3.08. The standard InChI is InChI=1S/C8H14F2N2O3/c1-12(8(14)7(9)10)5-6(13)11-3-4-15-2/h7H,3-5H2,1-2H3,(H,11,13). The van der Waals surface area contributed by atoms with Gasteiger partial charge >= 0.3 is 6.43 Å². The number of alkyl halides is 2. The fourth-order valence-corrected chi connectivity index (χ4v) is 0.808. The molecule has 5 nitrogen and oxygen atoms in total. The zero-order chi connectivity index (χ0) is 11.8. The molecule has 1 N–H and O–H groups in total. The highest BCUT2D eigenvalue weighted by molar-refractivity contribution is 5.85. The number of hydrogen-bond donors (Lipinski definition) is 1. The van der Waals surface area contributed by atoms with E-state index in [1.165, 1.54) is 7.11 Å². The van der Waals surface area contributed by atoms with Crippen LogP contribution in [-0.2, 0) is 14.3 Å². The number of carbonyl (C=O) groups excluding carboxylic acids is 2. The lowest BCUT2D eigenvalue weighted by Crippen LogP contribution is -2.41. The molecule has 0 aliphatic carbocycles. The molecule has 0 saturated carbocycles. The fourth-order valence-electron chi connectivity index (χ4n) is 0.808. The topological polar surface area (TPSA) is 58.6 Å². The number of ether oxygens (including phenoxy) is 1. The van der Waals surface area contributed by atoms with E-state index in [4.69, 9.17) is 0 Å². The van der Waals surface area contributed by atoms with Crippen molar-refractivity contribution in [2.75, 3.05) is 33.9 Å². The molecule has 0 aromatic heterocycles. The predicted molar refractivity (Wildman–Crippen MR) is 48.5 cm³/mol. The molecule has 0 aromatic carbocycles. The molecule has 0 aliphatic rings. The molecule has 0 spiro atoms. The number of carbonyl (C=O) groups is 2. The average molecular weight is 224 g/mol. The Balaban J connectivity index is 3.81. The van der Waals surface area contributed by atoms with Gasteiger partial charge in [-0.15, -0.1) is 0 Å². The van der Waals surface area contributed by atoms with Crippen LogP contribution in [-0.4, -0.2) is 57.0 Å². The van der Waals surface area contributed by atoms with Crippen molar-refractivity contribution in [3.8, 4) is 0 Å². The second-order valence-corrected chi connectivity index (χ2v) is 2.84. The highest BCUT2D eigenvalue weighted by atomic mass is 19.3. The van der Waals surface area contributed by atoms with E-state index < -0.39 is 18.2 Å². The highest BCUT2D eigenvalue weighted by Gasteiger charge is 2.21. The highest BCUT2D eigenvalue weighted by Crippen LogP contribution is 1.97. The number of hydrogen-bond acceptors (Lipinski definition) is 3. The van der Waals surface area contributed by atoms with E-state index >= 15 is 0 Å². The molecule has 7 heteroatoms. The van der Waals surface area contributed by atoms with Gasteiger partial charge in [0.1, 0.15) is 0 Å². The molecule has 0 saturated heterocycles. The van der Waals surface area contributed by atoms with Crippen LogP contribution < -0.4 is 5.32 Å². The van der Waals surface area contributed by atoms with Crippen LogP contribution in [0, 0.1) is 0 Å². The van der Waals surface area contributed by atoms with Crippen LogP contribution in [0.2, 0.25) is 0 Å². The Morgan fingerprint density at radius 3 is 2.53 bits per heavy atom. The van der Waals surface area contributed by atoms with Gasteiger partial charge < -0.3 is 15.0 Å². The van der Waals surface area contributed by atoms with Gasteiger partial charge in [-0.2, -0.15) is 8.78 Å². The van der Waals surface area contributed by atoms with Crippen molar-refractivity contribution in [1.29, 1.82) is 0 Å². The van der Waals surface area contributed by atoms with E-state index in [2.05, 4.69) is 10.1 Å². The quantitative estimate of drug-likeness (QED) is 0.617. The van der Waals surface area contributed by atoms with Gasteiger partial charge in [-0.25, -0.2) is 0 Å². The third-order valence-electron chi connectivity index (χ3n) is 1.57. The summed E-state index contributed by atoms with van der Waals surface area (Å²) in [7, 11) is 2.61. The Morgan fingerprint density at radius 1 is 1.47 bits per heavy atom. The van der Waals surface area contributed by atoms with E-state index in [0.717, 1.165) is 7.05 Å². The van der Waals surface area contributed by atoms with E-state index in [1.54, 1.807) is 0 Å². The van der Waals surface area contributed by atoms with Gasteiger partial charge in [0.15, 0.2) is 0 Å². The molecule has 0 atom stereocenters. The number of methoxy groups -OCH3 is 1. The predicted octanol–water partition coefficient (Wildman–Crippen LogP) is -0.527. The number of rotatable bonds is 6. The molecule has 0 rings (SSSR count). The smallest absolute Gasteiger partial charge is 0.315 e. The van der Waals surface area contributed by atoms with Gasteiger partial charge in [-0.3, -0.25) is 9.59 Å². The molecule has 2 amide bonds. The summed E-state index contributed by atoms with van der Waals surface area (Å²) >= 11 is 0. The maximum absolute atomic E-state index is 11.9. The lowest BCUT2D eigenvalue weighted by atomic mass is 10.4. The zero-order valence-electron chi connectivity index (χ0n) is 8.63. The second-order valence-electron chi connectivity index (χ2n) is 2.84. The zero-order valence-corrected chi connectivity index (χ0v) is 8.63. The summed E-state index contributed by atoms with van der Waals surface area (Å²) in [4.78, 5) is 22.4. The van der Waals surface area contributed by atoms with Gasteiger partial charge in [0.25, 0.3) is 5.91 Å². The Labute approximate surface area is 86.4 Å².